The van der Waals surface area contributed by atoms with E-state index in [1.54, 1.807) is 13.1 Å². The van der Waals surface area contributed by atoms with Crippen molar-refractivity contribution in [3.05, 3.63) is 0 Å². The molecule has 0 fully saturated rings. The van der Waals surface area contributed by atoms with Crippen LogP contribution in [0.5, 0.6) is 0 Å². The van der Waals surface area contributed by atoms with Crippen LogP contribution in [0, 0.1) is 0 Å². The average molecular weight is 1410 g/mol. The van der Waals surface area contributed by atoms with Gasteiger partial charge in [-0.1, -0.05) is 19.6 Å². The first-order chi connectivity index (χ1) is 32.3. The molecule has 0 rings (SSSR count). The maximum atomic E-state index is 10.4. The Hall–Kier alpha value is 3.40. The van der Waals surface area contributed by atoms with Crippen LogP contribution >= 0.6 is 0 Å². The predicted molar refractivity (Wildman–Crippen MR) is 359 cm³/mol. The molecule has 37 heteroatoms. The lowest BCUT2D eigenvalue weighted by Gasteiger charge is -2.45. The van der Waals surface area contributed by atoms with Gasteiger partial charge in [0.05, 0.1) is 7.59 Å². The van der Waals surface area contributed by atoms with Crippen molar-refractivity contribution in [1.29, 1.82) is 0 Å². The average Bonchev–Trinajstić information content (AvgIpc) is 2.87. The second-order valence-corrected chi connectivity index (χ2v) is 107. The van der Waals surface area contributed by atoms with Crippen LogP contribution in [-0.4, -0.2) is 166 Å². The van der Waals surface area contributed by atoms with Gasteiger partial charge in [0.1, 0.15) is 0 Å². The molecule has 0 aliphatic heterocycles. The predicted octanol–water partition coefficient (Wildman–Crippen LogP) is 13.8. The lowest BCUT2D eigenvalue weighted by Crippen LogP contribution is -2.64. The van der Waals surface area contributed by atoms with Gasteiger partial charge in [-0.05, 0) is 236 Å². The lowest BCUT2D eigenvalue weighted by atomic mass is 11.8. The topological polar surface area (TPSA) is 177 Å². The third-order valence-corrected chi connectivity index (χ3v) is 92.5. The number of hydrogen-bond donors (Lipinski definition) is 1. The van der Waals surface area contributed by atoms with E-state index in [2.05, 4.69) is 151 Å². The summed E-state index contributed by atoms with van der Waals surface area (Å²) in [5, 5.41) is 0. The molecule has 0 unspecified atom stereocenters. The Morgan fingerprint density at radius 2 is 0.237 bits per heavy atom. The fraction of sp³-hybridized carbons (Fsp3) is 1.00. The van der Waals surface area contributed by atoms with Crippen molar-refractivity contribution in [2.24, 2.45) is 0 Å². The Morgan fingerprint density at radius 3 is 0.329 bits per heavy atom. The monoisotopic (exact) mass is 1410 g/mol. The molecule has 0 aliphatic rings. The lowest BCUT2D eigenvalue weighted by molar-refractivity contribution is 0.250. The van der Waals surface area contributed by atoms with Crippen LogP contribution in [0.25, 0.3) is 0 Å². The summed E-state index contributed by atoms with van der Waals surface area (Å²) < 4.78 is 116. The smallest absolute Gasteiger partial charge is 0.320 e. The van der Waals surface area contributed by atoms with Crippen molar-refractivity contribution >= 4 is 161 Å². The van der Waals surface area contributed by atoms with E-state index < -0.39 is 161 Å². The fourth-order valence-corrected chi connectivity index (χ4v) is 106. The summed E-state index contributed by atoms with van der Waals surface area (Å²) in [6, 6.07) is 0. The van der Waals surface area contributed by atoms with Gasteiger partial charge in [-0.15, -0.1) is 0 Å². The third kappa shape index (κ3) is 34.5. The molecule has 0 saturated carbocycles. The van der Waals surface area contributed by atoms with E-state index in [-0.39, 0.29) is 0 Å². The normalized spacial score (nSPS) is 16.3. The highest BCUT2D eigenvalue weighted by Crippen LogP contribution is 2.34. The maximum Gasteiger partial charge on any atom is 0.320 e. The molecular formula is C39H118O18Si19. The molecule has 0 spiro atoms. The number of hydrogen-bond acceptors (Lipinski definition) is 18. The van der Waals surface area contributed by atoms with Gasteiger partial charge in [-0.2, -0.15) is 0 Å². The van der Waals surface area contributed by atoms with Crippen molar-refractivity contribution in [3.8, 4) is 0 Å². The van der Waals surface area contributed by atoms with Crippen molar-refractivity contribution < 1.29 is 74.8 Å². The highest BCUT2D eigenvalue weighted by Gasteiger charge is 2.54. The zero-order chi connectivity index (χ0) is 61.5. The summed E-state index contributed by atoms with van der Waals surface area (Å²) >= 11 is 0. The largest absolute Gasteiger partial charge is 0.439 e. The zero-order valence-electron chi connectivity index (χ0n) is 55.9. The van der Waals surface area contributed by atoms with Gasteiger partial charge in [0.2, 0.25) is 0 Å². The SMILES string of the molecule is C[Si](C)(O)O[Si](C)(C)O[Si](C)(C)O[Si](C)(C)O[Si](C)(C)O[Si](C)(C)O[Si](C)(C)O[Si](C)(C)O[Si](C)(C)O[Si](C)(C)O[Si](C)(C)O[Si](C)(C)O[Si](C)(C)O[Si](C)(C)O[Si](C)(C)O[Si](C)(C)O[Si](C)(C)O[Si](C)(C)[Si](C)(C)C. The van der Waals surface area contributed by atoms with Crippen molar-refractivity contribution in [1.82, 2.24) is 0 Å². The van der Waals surface area contributed by atoms with E-state index in [1.807, 2.05) is 91.7 Å². The summed E-state index contributed by atoms with van der Waals surface area (Å²) in [5.41, 5.74) is 0. The molecule has 1 N–H and O–H groups in total. The highest BCUT2D eigenvalue weighted by molar-refractivity contribution is 7.38. The van der Waals surface area contributed by atoms with Gasteiger partial charge in [-0.3, -0.25) is 0 Å². The van der Waals surface area contributed by atoms with Gasteiger partial charge in [0, 0.05) is 0 Å². The van der Waals surface area contributed by atoms with Gasteiger partial charge in [0.15, 0.2) is 7.83 Å². The quantitative estimate of drug-likeness (QED) is 0.0592. The van der Waals surface area contributed by atoms with Gasteiger partial charge in [0.25, 0.3) is 0 Å². The summed E-state index contributed by atoms with van der Waals surface area (Å²) in [5.74, 6) is 0. The minimum Gasteiger partial charge on any atom is -0.439 e. The number of rotatable bonds is 35. The van der Waals surface area contributed by atoms with Crippen molar-refractivity contribution in [2.45, 2.75) is 255 Å². The first-order valence-electron chi connectivity index (χ1n) is 26.9. The first kappa shape index (κ1) is 79.4. The summed E-state index contributed by atoms with van der Waals surface area (Å²) in [4.78, 5) is 10.4. The summed E-state index contributed by atoms with van der Waals surface area (Å²) in [6.07, 6.45) is 0. The molecule has 0 aromatic heterocycles. The van der Waals surface area contributed by atoms with Crippen LogP contribution in [0.4, 0.5) is 0 Å². The fourth-order valence-electron chi connectivity index (χ4n) is 10.6. The minimum atomic E-state index is -2.85. The molecule has 0 saturated heterocycles. The first-order valence-corrected chi connectivity index (χ1v) is 82.2. The Balaban J connectivity index is 5.80. The zero-order valence-corrected chi connectivity index (χ0v) is 74.9. The Kier molecular flexibility index (Phi) is 27.2. The van der Waals surface area contributed by atoms with E-state index in [1.165, 1.54) is 0 Å². The Labute approximate surface area is 487 Å². The molecule has 18 nitrogen and oxygen atoms in total. The van der Waals surface area contributed by atoms with Gasteiger partial charge < -0.3 is 74.8 Å². The molecule has 0 aromatic rings. The van der Waals surface area contributed by atoms with E-state index in [9.17, 15) is 4.80 Å². The van der Waals surface area contributed by atoms with Gasteiger partial charge >= 0.3 is 146 Å². The second kappa shape index (κ2) is 26.0. The Morgan fingerprint density at radius 1 is 0.145 bits per heavy atom. The minimum absolute atomic E-state index is 1.48. The van der Waals surface area contributed by atoms with Crippen LogP contribution in [0.1, 0.15) is 0 Å². The van der Waals surface area contributed by atoms with Crippen LogP contribution in [-0.2, 0) is 70.0 Å². The molecule has 0 amide bonds. The van der Waals surface area contributed by atoms with Crippen LogP contribution < -0.4 is 0 Å². The van der Waals surface area contributed by atoms with Crippen LogP contribution in [0.2, 0.25) is 255 Å². The van der Waals surface area contributed by atoms with E-state index >= 15 is 0 Å². The molecule has 76 heavy (non-hydrogen) atoms. The maximum absolute atomic E-state index is 10.4. The van der Waals surface area contributed by atoms with E-state index in [4.69, 9.17) is 70.0 Å². The standard InChI is InChI=1S/C39H118O18Si19/c1-58(2,3)76(38,39)57-75(36,37)56-74(34,35)55-73(32,33)54-72(30,31)53-71(28,29)52-70(26,27)51-69(24,25)50-68(22,23)49-67(20,21)48-66(18,19)47-65(16,17)46-64(14,15)45-63(12,13)44-62(10,11)43-61(8,9)42-60(6,7)41-59(4,5)40/h40H,1-39H3. The molecular weight excluding hydrogens is 1290 g/mol. The second-order valence-electron chi connectivity index (χ2n) is 29.3. The van der Waals surface area contributed by atoms with Gasteiger partial charge in [-0.25, -0.2) is 0 Å². The molecule has 0 radical (unpaired) electrons. The molecule has 0 heterocycles. The molecule has 0 aliphatic carbocycles. The van der Waals surface area contributed by atoms with Crippen molar-refractivity contribution in [3.63, 3.8) is 0 Å². The summed E-state index contributed by atoms with van der Waals surface area (Å²) in [6.45, 7) is 81.0. The van der Waals surface area contributed by atoms with Crippen LogP contribution in [0.15, 0.2) is 0 Å². The molecule has 0 aromatic carbocycles. The van der Waals surface area contributed by atoms with E-state index in [0.29, 0.717) is 0 Å². The van der Waals surface area contributed by atoms with Crippen LogP contribution in [0.3, 0.4) is 0 Å². The molecule has 0 atom stereocenters. The van der Waals surface area contributed by atoms with E-state index in [0.717, 1.165) is 0 Å². The summed E-state index contributed by atoms with van der Waals surface area (Å²) in [7, 11) is -50.4. The highest BCUT2D eigenvalue weighted by atomic mass is 29.3. The van der Waals surface area contributed by atoms with Crippen molar-refractivity contribution in [2.75, 3.05) is 0 Å². The third-order valence-electron chi connectivity index (χ3n) is 10.2. The Bertz CT molecular complexity index is 1870. The molecule has 0 bridgehead atoms. The molecule has 458 valence electrons.